The van der Waals surface area contributed by atoms with Gasteiger partial charge in [0, 0.05) is 145 Å². The summed E-state index contributed by atoms with van der Waals surface area (Å²) in [5.41, 5.74) is 0.827. The zero-order valence-electron chi connectivity index (χ0n) is 66.9. The second-order valence-corrected chi connectivity index (χ2v) is 47.9. The maximum atomic E-state index is 13.1. The van der Waals surface area contributed by atoms with Gasteiger partial charge in [-0.3, -0.25) is 19.2 Å². The quantitative estimate of drug-likeness (QED) is 0.0293. The van der Waals surface area contributed by atoms with E-state index >= 15 is 0 Å². The number of phenols is 1. The van der Waals surface area contributed by atoms with Crippen molar-refractivity contribution in [3.8, 4) is 5.75 Å². The number of hydrogen-bond donors (Lipinski definition) is 1. The van der Waals surface area contributed by atoms with E-state index in [1.54, 1.807) is 48.5 Å². The number of carbonyl (C=O) groups is 4. The van der Waals surface area contributed by atoms with Crippen LogP contribution >= 0.6 is 119 Å². The number of halogens is 6. The van der Waals surface area contributed by atoms with Gasteiger partial charge in [0.25, 0.3) is 0 Å². The van der Waals surface area contributed by atoms with Crippen molar-refractivity contribution in [1.82, 2.24) is 19.6 Å². The molecule has 5 heterocycles. The Balaban J connectivity index is 0.000000141. The van der Waals surface area contributed by atoms with Crippen LogP contribution in [0.3, 0.4) is 0 Å². The summed E-state index contributed by atoms with van der Waals surface area (Å²) in [7, 11) is -10.6. The number of piperidine rings is 4. The maximum absolute atomic E-state index is 13.1. The van der Waals surface area contributed by atoms with Crippen molar-refractivity contribution in [1.29, 1.82) is 0 Å². The normalized spacial score (nSPS) is 21.9. The maximum Gasteiger partial charge on any atom is 0.494 e. The summed E-state index contributed by atoms with van der Waals surface area (Å²) >= 11 is 24.7. The van der Waals surface area contributed by atoms with E-state index in [0.717, 1.165) is 153 Å². The van der Waals surface area contributed by atoms with Gasteiger partial charge >= 0.3 is 7.12 Å². The van der Waals surface area contributed by atoms with Crippen LogP contribution in [0.1, 0.15) is 182 Å². The van der Waals surface area contributed by atoms with E-state index in [-0.39, 0.29) is 61.9 Å². The molecule has 1 N–H and O–H groups in total. The van der Waals surface area contributed by atoms with Crippen LogP contribution in [0.25, 0.3) is 0 Å². The van der Waals surface area contributed by atoms with E-state index in [1.807, 2.05) is 65.9 Å². The third-order valence-electron chi connectivity index (χ3n) is 24.7. The van der Waals surface area contributed by atoms with Crippen LogP contribution < -0.4 is 5.46 Å². The molecule has 115 heavy (non-hydrogen) atoms. The van der Waals surface area contributed by atoms with Crippen molar-refractivity contribution in [3.63, 3.8) is 0 Å². The number of carbonyl (C=O) groups excluding carboxylic acids is 4. The molecule has 16 rings (SSSR count). The third-order valence-corrected chi connectivity index (χ3v) is 38.6. The molecule has 17 nitrogen and oxygen atoms in total. The highest BCUT2D eigenvalue weighted by Crippen LogP contribution is 2.54. The number of nitrogens with zero attached hydrogens (tertiary/aromatic N) is 4. The highest BCUT2D eigenvalue weighted by atomic mass is 79.9. The molecule has 5 aromatic carbocycles. The lowest BCUT2D eigenvalue weighted by atomic mass is 9.79. The first kappa shape index (κ1) is 92.9. The summed E-state index contributed by atoms with van der Waals surface area (Å²) in [6.45, 7) is 13.9. The summed E-state index contributed by atoms with van der Waals surface area (Å²) in [6.07, 6.45) is 24.1. The van der Waals surface area contributed by atoms with E-state index in [0.29, 0.717) is 70.8 Å². The van der Waals surface area contributed by atoms with Crippen molar-refractivity contribution < 1.29 is 58.8 Å². The second-order valence-electron chi connectivity index (χ2n) is 35.4. The average Bonchev–Trinajstić information content (AvgIpc) is 1.63. The Bertz CT molecular complexity index is 4350. The molecule has 0 radical (unpaired) electrons. The number of aromatic hydroxyl groups is 1. The van der Waals surface area contributed by atoms with Crippen LogP contribution in [-0.2, 0) is 58.0 Å². The Labute approximate surface area is 743 Å². The van der Waals surface area contributed by atoms with E-state index in [9.17, 15) is 49.5 Å². The first-order chi connectivity index (χ1) is 54.5. The summed E-state index contributed by atoms with van der Waals surface area (Å²) in [4.78, 5) is 59.2. The topological polar surface area (TPSA) is 222 Å². The molecule has 0 bridgehead atoms. The summed E-state index contributed by atoms with van der Waals surface area (Å²) < 4.78 is 91.7. The minimum absolute atomic E-state index is 0.0546. The number of alkyl halides is 3. The van der Waals surface area contributed by atoms with E-state index in [2.05, 4.69) is 149 Å². The van der Waals surface area contributed by atoms with Gasteiger partial charge in [0.1, 0.15) is 5.75 Å². The van der Waals surface area contributed by atoms with Crippen molar-refractivity contribution in [2.24, 2.45) is 32.5 Å². The Morgan fingerprint density at radius 1 is 0.365 bits per heavy atom. The number of rotatable bonds is 27. The third kappa shape index (κ3) is 27.1. The zero-order chi connectivity index (χ0) is 82.7. The monoisotopic (exact) mass is 2050 g/mol. The average molecular weight is 2060 g/mol. The van der Waals surface area contributed by atoms with Gasteiger partial charge in [0.15, 0.2) is 29.5 Å². The Morgan fingerprint density at radius 3 is 0.896 bits per heavy atom. The molecule has 0 atom stereocenters. The van der Waals surface area contributed by atoms with Gasteiger partial charge < -0.3 is 34.0 Å². The van der Waals surface area contributed by atoms with Gasteiger partial charge in [-0.1, -0.05) is 108 Å². The van der Waals surface area contributed by atoms with Crippen LogP contribution in [0.4, 0.5) is 0 Å². The fourth-order valence-electron chi connectivity index (χ4n) is 14.9. The van der Waals surface area contributed by atoms with Gasteiger partial charge in [-0.25, -0.2) is 25.3 Å². The van der Waals surface area contributed by atoms with Crippen molar-refractivity contribution in [2.45, 2.75) is 217 Å². The molecule has 6 saturated carbocycles. The fourth-order valence-corrected chi connectivity index (χ4v) is 26.9. The minimum atomic E-state index is -3.43. The first-order valence-corrected chi connectivity index (χ1v) is 53.4. The van der Waals surface area contributed by atoms with Gasteiger partial charge in [-0.15, -0.1) is 23.5 Å². The molecular weight excluding hydrogens is 1950 g/mol. The highest BCUT2D eigenvalue weighted by Gasteiger charge is 2.54. The molecule has 6 aliphatic carbocycles. The van der Waals surface area contributed by atoms with Crippen LogP contribution in [0.5, 0.6) is 5.75 Å². The fraction of sp³-hybridized carbons (Fsp3) is 0.605. The standard InChI is InChI=1S/C22H32BNO5S.C16H20BrNO3S.C16H20BrNOS.C16H21NO4S.C11H12Br2S.C5H8Br2/c1-20(2)21(3,4)29-23(28-20)17-8-10-18(11-9-17)30(26,27)16-22(12-13-22)15-24-14-6-5-7-19(24)25;17-13-4-6-14(7-5-13)22(20,21)12-16(8-9-16)11-18-10-2-1-3-15(18)19;17-13-4-6-14(7-5-13)20-12-16(8-9-16)11-18-10-2-1-3-15(18)19;18-13-4-6-14(7-5-13)22(20,21)12-16(8-9-16)11-17-10-2-1-3-15(17)19;12-7-11(5-6-11)8-14-10-3-1-9(13)2-4-10;6-3-5(4-7)1-2-5/h8-11H,5-7,12-16H2,1-4H3;4-7H,1-3,8-12H2;4-7H,1-3,8-12H2;4-7,18H,1-3,8-12H2;1-4H,5-8H2;1-4H2. The SMILES string of the molecule is BrCC1(CBr)CC1.BrCC1(CSc2ccc(Br)cc2)CC1.CC1(C)OB(c2ccc(S(=O)(=O)CC3(CN4CCCCC4=O)CC3)cc2)OC1(C)C.O=C1CCCCN1CC1(CS(=O)(=O)c2ccc(Br)cc2)CC1.O=C1CCCCN1CC1(CS(=O)(=O)c2ccc(O)cc2)CC1.O=C1CCCCN1CC1(CSc2ccc(Br)cc2)CC1. The number of thioether (sulfide) groups is 2. The van der Waals surface area contributed by atoms with Gasteiger partial charge in [0.2, 0.25) is 23.6 Å². The number of likely N-dealkylation sites (tertiary alicyclic amines) is 4. The molecule has 5 aliphatic heterocycles. The lowest BCUT2D eigenvalue weighted by molar-refractivity contribution is -0.134. The van der Waals surface area contributed by atoms with Crippen LogP contribution in [-0.4, -0.2) is 189 Å². The summed E-state index contributed by atoms with van der Waals surface area (Å²) in [6, 6.07) is 36.4. The molecule has 630 valence electrons. The molecule has 0 aromatic heterocycles. The van der Waals surface area contributed by atoms with Crippen LogP contribution in [0, 0.1) is 32.5 Å². The van der Waals surface area contributed by atoms with Crippen LogP contribution in [0.15, 0.2) is 159 Å². The van der Waals surface area contributed by atoms with E-state index in [4.69, 9.17) is 9.31 Å². The number of benzene rings is 5. The minimum Gasteiger partial charge on any atom is -0.508 e. The van der Waals surface area contributed by atoms with Crippen LogP contribution in [0.2, 0.25) is 0 Å². The van der Waals surface area contributed by atoms with Gasteiger partial charge in [0.05, 0.1) is 43.1 Å². The number of amides is 4. The zero-order valence-corrected chi connectivity index (χ0v) is 80.5. The van der Waals surface area contributed by atoms with Gasteiger partial charge in [-0.2, -0.15) is 0 Å². The molecular formula is C86H113BBr6N4O13S5. The summed E-state index contributed by atoms with van der Waals surface area (Å²) in [5.74, 6) is 3.63. The Morgan fingerprint density at radius 2 is 0.626 bits per heavy atom. The molecule has 29 heteroatoms. The molecule has 4 amide bonds. The smallest absolute Gasteiger partial charge is 0.494 e. The number of sulfone groups is 3. The molecule has 5 aromatic rings. The largest absolute Gasteiger partial charge is 0.508 e. The lowest BCUT2D eigenvalue weighted by Crippen LogP contribution is -2.41. The Hall–Kier alpha value is -2.81. The van der Waals surface area contributed by atoms with E-state index in [1.165, 1.54) is 95.4 Å². The molecule has 0 unspecified atom stereocenters. The number of hydrogen-bond acceptors (Lipinski definition) is 15. The molecule has 11 fully saturated rings. The predicted octanol–water partition coefficient (Wildman–Crippen LogP) is 19.1. The molecule has 0 spiro atoms. The van der Waals surface area contributed by atoms with Crippen molar-refractivity contribution in [3.05, 3.63) is 135 Å². The predicted molar refractivity (Wildman–Crippen MR) is 483 cm³/mol. The van der Waals surface area contributed by atoms with Crippen molar-refractivity contribution in [2.75, 3.05) is 97.1 Å². The number of phenolic OH excluding ortho intramolecular Hbond substituents is 1. The van der Waals surface area contributed by atoms with Gasteiger partial charge in [-0.05, 0) is 287 Å². The molecule has 5 saturated heterocycles. The van der Waals surface area contributed by atoms with Crippen molar-refractivity contribution >= 4 is 185 Å². The Kier molecular flexibility index (Phi) is 32.2. The second kappa shape index (κ2) is 39.8. The summed E-state index contributed by atoms with van der Waals surface area (Å²) in [5, 5.41) is 12.8. The first-order valence-electron chi connectivity index (χ1n) is 40.7. The highest BCUT2D eigenvalue weighted by molar-refractivity contribution is 9.11. The molecule has 11 aliphatic rings. The van der Waals surface area contributed by atoms with E-state index < -0.39 is 47.8 Å². The lowest BCUT2D eigenvalue weighted by Gasteiger charge is -2.32.